The molecule has 1 heterocycles. The first kappa shape index (κ1) is 20.7. The number of rotatable bonds is 6. The van der Waals surface area contributed by atoms with Crippen molar-refractivity contribution in [3.05, 3.63) is 65.7 Å². The lowest BCUT2D eigenvalue weighted by Gasteiger charge is -2.25. The summed E-state index contributed by atoms with van der Waals surface area (Å²) in [5.41, 5.74) is 2.78. The topological polar surface area (TPSA) is 85.2 Å². The van der Waals surface area contributed by atoms with E-state index in [0.717, 1.165) is 16.7 Å². The van der Waals surface area contributed by atoms with E-state index in [1.54, 1.807) is 14.1 Å². The molecule has 0 bridgehead atoms. The van der Waals surface area contributed by atoms with Crippen LogP contribution >= 0.6 is 0 Å². The molecule has 1 aromatic heterocycles. The molecule has 0 aliphatic carbocycles. The lowest BCUT2D eigenvalue weighted by Crippen LogP contribution is -2.35. The molecule has 0 radical (unpaired) electrons. The van der Waals surface area contributed by atoms with Gasteiger partial charge in [0.25, 0.3) is 0 Å². The molecule has 0 spiro atoms. The number of hydrogen-bond acceptors (Lipinski definition) is 5. The lowest BCUT2D eigenvalue weighted by molar-refractivity contribution is -0.129. The summed E-state index contributed by atoms with van der Waals surface area (Å²) in [4.78, 5) is 14.1. The maximum atomic E-state index is 12.9. The second-order valence-electron chi connectivity index (χ2n) is 7.08. The number of nitrogens with zero attached hydrogens (tertiary/aromatic N) is 4. The molecular weight excluding hydrogens is 388 g/mol. The van der Waals surface area contributed by atoms with Gasteiger partial charge in [-0.05, 0) is 19.4 Å². The van der Waals surface area contributed by atoms with Gasteiger partial charge in [0.2, 0.25) is 20.9 Å². The summed E-state index contributed by atoms with van der Waals surface area (Å²) in [6.45, 7) is 3.83. The highest BCUT2D eigenvalue weighted by Gasteiger charge is 2.29. The summed E-state index contributed by atoms with van der Waals surface area (Å²) in [5, 5.41) is 7.66. The number of amides is 1. The highest BCUT2D eigenvalue weighted by Crippen LogP contribution is 2.22. The summed E-state index contributed by atoms with van der Waals surface area (Å²) < 4.78 is 27.1. The van der Waals surface area contributed by atoms with Crippen molar-refractivity contribution in [1.29, 1.82) is 0 Å². The standard InChI is InChI=1S/C21H24N4O3S/c1-15-10-12-18(13-11-15)20-22-23-21(25(20)4)29(27,28)14-19(26)24(3)16(2)17-8-6-5-7-9-17/h5-13,16H,14H2,1-4H3. The van der Waals surface area contributed by atoms with Crippen molar-refractivity contribution in [2.75, 3.05) is 12.8 Å². The maximum Gasteiger partial charge on any atom is 0.250 e. The van der Waals surface area contributed by atoms with E-state index in [2.05, 4.69) is 10.2 Å². The van der Waals surface area contributed by atoms with E-state index in [9.17, 15) is 13.2 Å². The van der Waals surface area contributed by atoms with Crippen molar-refractivity contribution in [3.8, 4) is 11.4 Å². The minimum atomic E-state index is -3.95. The Hall–Kier alpha value is -3.00. The van der Waals surface area contributed by atoms with Gasteiger partial charge in [-0.1, -0.05) is 60.2 Å². The average molecular weight is 413 g/mol. The van der Waals surface area contributed by atoms with E-state index >= 15 is 0 Å². The first-order valence-electron chi connectivity index (χ1n) is 9.20. The van der Waals surface area contributed by atoms with Crippen molar-refractivity contribution in [1.82, 2.24) is 19.7 Å². The highest BCUT2D eigenvalue weighted by atomic mass is 32.2. The third-order valence-corrected chi connectivity index (χ3v) is 6.53. The van der Waals surface area contributed by atoms with Crippen LogP contribution in [-0.2, 0) is 21.7 Å². The van der Waals surface area contributed by atoms with Crippen LogP contribution in [0.15, 0.2) is 59.8 Å². The van der Waals surface area contributed by atoms with E-state index in [1.807, 2.05) is 68.4 Å². The SMILES string of the molecule is Cc1ccc(-c2nnc(S(=O)(=O)CC(=O)N(C)C(C)c3ccccc3)n2C)cc1. The number of aromatic nitrogens is 3. The van der Waals surface area contributed by atoms with Crippen LogP contribution in [0.3, 0.4) is 0 Å². The molecule has 152 valence electrons. The number of aryl methyl sites for hydroxylation is 1. The van der Waals surface area contributed by atoms with E-state index in [1.165, 1.54) is 9.47 Å². The van der Waals surface area contributed by atoms with E-state index in [-0.39, 0.29) is 11.2 Å². The Labute approximate surface area is 170 Å². The maximum absolute atomic E-state index is 12.9. The van der Waals surface area contributed by atoms with Crippen molar-refractivity contribution in [2.24, 2.45) is 7.05 Å². The summed E-state index contributed by atoms with van der Waals surface area (Å²) in [5.74, 6) is -0.733. The molecule has 0 saturated heterocycles. The summed E-state index contributed by atoms with van der Waals surface area (Å²) >= 11 is 0. The van der Waals surface area contributed by atoms with Gasteiger partial charge in [-0.25, -0.2) is 8.42 Å². The second-order valence-corrected chi connectivity index (χ2v) is 8.96. The molecule has 1 amide bonds. The highest BCUT2D eigenvalue weighted by molar-refractivity contribution is 7.91. The van der Waals surface area contributed by atoms with Crippen LogP contribution in [0.1, 0.15) is 24.1 Å². The van der Waals surface area contributed by atoms with Gasteiger partial charge in [0.05, 0.1) is 6.04 Å². The normalized spacial score (nSPS) is 12.6. The molecule has 3 rings (SSSR count). The van der Waals surface area contributed by atoms with Crippen molar-refractivity contribution in [3.63, 3.8) is 0 Å². The molecule has 1 atom stereocenters. The fraction of sp³-hybridized carbons (Fsp3) is 0.286. The molecule has 0 saturated carbocycles. The average Bonchev–Trinajstić information content (AvgIpc) is 3.10. The van der Waals surface area contributed by atoms with Crippen LogP contribution in [0.4, 0.5) is 0 Å². The molecule has 29 heavy (non-hydrogen) atoms. The van der Waals surface area contributed by atoms with Gasteiger partial charge in [0, 0.05) is 19.7 Å². The minimum Gasteiger partial charge on any atom is -0.338 e. The molecule has 0 aliphatic heterocycles. The Balaban J connectivity index is 1.81. The quantitative estimate of drug-likeness (QED) is 0.621. The van der Waals surface area contributed by atoms with E-state index in [0.29, 0.717) is 5.82 Å². The van der Waals surface area contributed by atoms with Gasteiger partial charge < -0.3 is 9.47 Å². The van der Waals surface area contributed by atoms with E-state index in [4.69, 9.17) is 0 Å². The molecule has 3 aromatic rings. The van der Waals surface area contributed by atoms with Crippen molar-refractivity contribution in [2.45, 2.75) is 25.0 Å². The van der Waals surface area contributed by atoms with Crippen molar-refractivity contribution < 1.29 is 13.2 Å². The zero-order valence-electron chi connectivity index (χ0n) is 16.9. The third kappa shape index (κ3) is 4.37. The van der Waals surface area contributed by atoms with Gasteiger partial charge in [-0.15, -0.1) is 10.2 Å². The minimum absolute atomic E-state index is 0.220. The lowest BCUT2D eigenvalue weighted by atomic mass is 10.1. The van der Waals surface area contributed by atoms with Crippen LogP contribution in [0.25, 0.3) is 11.4 Å². The van der Waals surface area contributed by atoms with Gasteiger partial charge >= 0.3 is 0 Å². The molecule has 0 aliphatic rings. The molecule has 0 N–H and O–H groups in total. The zero-order chi connectivity index (χ0) is 21.2. The number of carbonyl (C=O) groups excluding carboxylic acids is 1. The molecule has 0 fully saturated rings. The molecule has 2 aromatic carbocycles. The van der Waals surface area contributed by atoms with Gasteiger partial charge in [-0.3, -0.25) is 4.79 Å². The molecular formula is C21H24N4O3S. The molecule has 1 unspecified atom stereocenters. The first-order chi connectivity index (χ1) is 13.7. The molecule has 8 heteroatoms. The first-order valence-corrected chi connectivity index (χ1v) is 10.9. The Morgan fingerprint density at radius 3 is 2.31 bits per heavy atom. The van der Waals surface area contributed by atoms with Crippen LogP contribution < -0.4 is 0 Å². The summed E-state index contributed by atoms with van der Waals surface area (Å²) in [6, 6.07) is 16.8. The van der Waals surface area contributed by atoms with E-state index < -0.39 is 21.5 Å². The number of carbonyl (C=O) groups is 1. The second kappa shape index (κ2) is 8.16. The number of benzene rings is 2. The largest absolute Gasteiger partial charge is 0.338 e. The smallest absolute Gasteiger partial charge is 0.250 e. The Kier molecular flexibility index (Phi) is 5.83. The monoisotopic (exact) mass is 412 g/mol. The van der Waals surface area contributed by atoms with Crippen LogP contribution in [0.2, 0.25) is 0 Å². The fourth-order valence-electron chi connectivity index (χ4n) is 3.04. The Morgan fingerprint density at radius 1 is 1.07 bits per heavy atom. The fourth-order valence-corrected chi connectivity index (χ4v) is 4.37. The van der Waals surface area contributed by atoms with Gasteiger partial charge in [-0.2, -0.15) is 0 Å². The third-order valence-electron chi connectivity index (χ3n) is 4.99. The summed E-state index contributed by atoms with van der Waals surface area (Å²) in [6.07, 6.45) is 0. The predicted molar refractivity (Wildman–Crippen MR) is 111 cm³/mol. The van der Waals surface area contributed by atoms with Crippen molar-refractivity contribution >= 4 is 15.7 Å². The molecule has 7 nitrogen and oxygen atoms in total. The van der Waals surface area contributed by atoms with Crippen LogP contribution in [0, 0.1) is 6.92 Å². The predicted octanol–water partition coefficient (Wildman–Crippen LogP) is 2.78. The van der Waals surface area contributed by atoms with Crippen LogP contribution in [-0.4, -0.2) is 46.8 Å². The summed E-state index contributed by atoms with van der Waals surface area (Å²) in [7, 11) is -0.761. The van der Waals surface area contributed by atoms with Gasteiger partial charge in [0.15, 0.2) is 5.82 Å². The number of hydrogen-bond donors (Lipinski definition) is 0. The van der Waals surface area contributed by atoms with Crippen LogP contribution in [0.5, 0.6) is 0 Å². The zero-order valence-corrected chi connectivity index (χ0v) is 17.7. The Morgan fingerprint density at radius 2 is 1.69 bits per heavy atom. The van der Waals surface area contributed by atoms with Gasteiger partial charge in [0.1, 0.15) is 5.75 Å². The Bertz CT molecular complexity index is 1110. The number of sulfone groups is 1.